The molecule has 0 saturated carbocycles. The Morgan fingerprint density at radius 1 is 1.45 bits per heavy atom. The van der Waals surface area contributed by atoms with Crippen molar-refractivity contribution in [3.63, 3.8) is 0 Å². The zero-order chi connectivity index (χ0) is 14.3. The van der Waals surface area contributed by atoms with E-state index in [1.165, 1.54) is 4.90 Å². The fraction of sp³-hybridized carbons (Fsp3) is 0.286. The lowest BCUT2D eigenvalue weighted by Gasteiger charge is -2.17. The number of carboxylic acid groups (broad SMARTS) is 1. The van der Waals surface area contributed by atoms with Crippen molar-refractivity contribution < 1.29 is 19.4 Å². The van der Waals surface area contributed by atoms with E-state index < -0.39 is 18.1 Å². The summed E-state index contributed by atoms with van der Waals surface area (Å²) in [5, 5.41) is 10.1. The largest absolute Gasteiger partial charge is 0.480 e. The average molecular weight is 274 g/mol. The van der Waals surface area contributed by atoms with Crippen LogP contribution >= 0.6 is 0 Å². The second-order valence-electron chi connectivity index (χ2n) is 4.84. The molecule has 6 nitrogen and oxygen atoms in total. The third-order valence-corrected chi connectivity index (χ3v) is 3.58. The number of amides is 1. The van der Waals surface area contributed by atoms with Gasteiger partial charge in [-0.15, -0.1) is 0 Å². The molecule has 20 heavy (non-hydrogen) atoms. The molecule has 1 aliphatic heterocycles. The Kier molecular flexibility index (Phi) is 2.85. The van der Waals surface area contributed by atoms with E-state index in [1.807, 2.05) is 42.1 Å². The van der Waals surface area contributed by atoms with Gasteiger partial charge in [0, 0.05) is 24.1 Å². The molecule has 2 heterocycles. The summed E-state index contributed by atoms with van der Waals surface area (Å²) in [7, 11) is 1.92. The highest BCUT2D eigenvalue weighted by molar-refractivity contribution is 5.86. The predicted octanol–water partition coefficient (Wildman–Crippen LogP) is 1.58. The fourth-order valence-electron chi connectivity index (χ4n) is 2.56. The van der Waals surface area contributed by atoms with Gasteiger partial charge < -0.3 is 14.4 Å². The van der Waals surface area contributed by atoms with Crippen LogP contribution in [-0.2, 0) is 23.1 Å². The molecule has 1 saturated heterocycles. The van der Waals surface area contributed by atoms with Gasteiger partial charge in [0.1, 0.15) is 6.61 Å². The third-order valence-electron chi connectivity index (χ3n) is 3.58. The lowest BCUT2D eigenvalue weighted by atomic mass is 10.1. The Morgan fingerprint density at radius 3 is 2.95 bits per heavy atom. The van der Waals surface area contributed by atoms with Gasteiger partial charge in [-0.25, -0.2) is 9.59 Å². The van der Waals surface area contributed by atoms with Crippen molar-refractivity contribution in [1.82, 2.24) is 9.47 Å². The van der Waals surface area contributed by atoms with Gasteiger partial charge in [-0.2, -0.15) is 0 Å². The number of aromatic nitrogens is 1. The van der Waals surface area contributed by atoms with Crippen molar-refractivity contribution in [2.45, 2.75) is 12.6 Å². The van der Waals surface area contributed by atoms with E-state index in [0.29, 0.717) is 0 Å². The number of nitrogens with zero attached hydrogens (tertiary/aromatic N) is 2. The number of aryl methyl sites for hydroxylation is 1. The third kappa shape index (κ3) is 1.89. The van der Waals surface area contributed by atoms with Gasteiger partial charge in [0.2, 0.25) is 0 Å². The SMILES string of the molecule is Cn1cc(CN2C(=O)OCC2C(=O)O)c2ccccc21. The number of carboxylic acids is 1. The smallest absolute Gasteiger partial charge is 0.411 e. The number of rotatable bonds is 3. The summed E-state index contributed by atoms with van der Waals surface area (Å²) in [6.45, 7) is 0.135. The van der Waals surface area contributed by atoms with Crippen LogP contribution in [0.25, 0.3) is 10.9 Å². The number of carbonyl (C=O) groups excluding carboxylic acids is 1. The Balaban J connectivity index is 1.96. The number of carbonyl (C=O) groups is 2. The Labute approximate surface area is 115 Å². The molecule has 2 aromatic rings. The Bertz CT molecular complexity index is 692. The summed E-state index contributed by atoms with van der Waals surface area (Å²) in [6.07, 6.45) is 1.33. The predicted molar refractivity (Wildman–Crippen MR) is 71.2 cm³/mol. The minimum absolute atomic E-state index is 0.0983. The number of hydrogen-bond acceptors (Lipinski definition) is 3. The quantitative estimate of drug-likeness (QED) is 0.922. The summed E-state index contributed by atoms with van der Waals surface area (Å²) in [5.41, 5.74) is 1.95. The minimum atomic E-state index is -1.05. The highest BCUT2D eigenvalue weighted by atomic mass is 16.6. The van der Waals surface area contributed by atoms with Crippen molar-refractivity contribution in [1.29, 1.82) is 0 Å². The van der Waals surface area contributed by atoms with Crippen LogP contribution in [0.2, 0.25) is 0 Å². The molecule has 1 N–H and O–H groups in total. The summed E-state index contributed by atoms with van der Waals surface area (Å²) < 4.78 is 6.79. The molecule has 3 rings (SSSR count). The summed E-state index contributed by atoms with van der Waals surface area (Å²) >= 11 is 0. The summed E-state index contributed by atoms with van der Waals surface area (Å²) in [6, 6.07) is 6.89. The molecule has 0 radical (unpaired) electrons. The Hall–Kier alpha value is -2.50. The molecule has 0 aliphatic carbocycles. The monoisotopic (exact) mass is 274 g/mol. The molecule has 1 fully saturated rings. The van der Waals surface area contributed by atoms with Crippen LogP contribution in [0.3, 0.4) is 0 Å². The minimum Gasteiger partial charge on any atom is -0.480 e. The first-order chi connectivity index (χ1) is 9.58. The first-order valence-corrected chi connectivity index (χ1v) is 6.27. The van der Waals surface area contributed by atoms with Gasteiger partial charge in [-0.05, 0) is 11.6 Å². The number of fused-ring (bicyclic) bond motifs is 1. The normalized spacial score (nSPS) is 18.6. The van der Waals surface area contributed by atoms with Crippen molar-refractivity contribution in [2.24, 2.45) is 7.05 Å². The van der Waals surface area contributed by atoms with E-state index in [1.54, 1.807) is 0 Å². The molecule has 1 aromatic heterocycles. The molecule has 1 aliphatic rings. The molecular formula is C14H14N2O4. The molecule has 6 heteroatoms. The maximum atomic E-state index is 11.7. The maximum absolute atomic E-state index is 11.7. The lowest BCUT2D eigenvalue weighted by molar-refractivity contribution is -0.141. The van der Waals surface area contributed by atoms with E-state index in [4.69, 9.17) is 9.84 Å². The van der Waals surface area contributed by atoms with Crippen LogP contribution < -0.4 is 0 Å². The Morgan fingerprint density at radius 2 is 2.20 bits per heavy atom. The van der Waals surface area contributed by atoms with Gasteiger partial charge >= 0.3 is 12.1 Å². The molecule has 0 spiro atoms. The van der Waals surface area contributed by atoms with Crippen molar-refractivity contribution in [3.05, 3.63) is 36.0 Å². The van der Waals surface area contributed by atoms with Gasteiger partial charge in [0.25, 0.3) is 0 Å². The van der Waals surface area contributed by atoms with Crippen LogP contribution in [0.1, 0.15) is 5.56 Å². The highest BCUT2D eigenvalue weighted by Gasteiger charge is 2.38. The van der Waals surface area contributed by atoms with Crippen LogP contribution in [0.4, 0.5) is 4.79 Å². The summed E-state index contributed by atoms with van der Waals surface area (Å²) in [5.74, 6) is -1.05. The molecular weight excluding hydrogens is 260 g/mol. The lowest BCUT2D eigenvalue weighted by Crippen LogP contribution is -2.38. The van der Waals surface area contributed by atoms with E-state index in [9.17, 15) is 9.59 Å². The maximum Gasteiger partial charge on any atom is 0.411 e. The van der Waals surface area contributed by atoms with Gasteiger partial charge in [0.15, 0.2) is 6.04 Å². The number of ether oxygens (including phenoxy) is 1. The zero-order valence-electron chi connectivity index (χ0n) is 10.9. The zero-order valence-corrected chi connectivity index (χ0v) is 10.9. The molecule has 104 valence electrons. The molecule has 1 amide bonds. The molecule has 0 bridgehead atoms. The van der Waals surface area contributed by atoms with E-state index >= 15 is 0 Å². The van der Waals surface area contributed by atoms with Crippen molar-refractivity contribution in [2.75, 3.05) is 6.61 Å². The van der Waals surface area contributed by atoms with E-state index in [0.717, 1.165) is 16.5 Å². The van der Waals surface area contributed by atoms with Gasteiger partial charge in [-0.3, -0.25) is 4.90 Å². The van der Waals surface area contributed by atoms with Gasteiger partial charge in [-0.1, -0.05) is 18.2 Å². The number of cyclic esters (lactones) is 1. The topological polar surface area (TPSA) is 71.8 Å². The highest BCUT2D eigenvalue weighted by Crippen LogP contribution is 2.24. The van der Waals surface area contributed by atoms with Crippen LogP contribution in [0.5, 0.6) is 0 Å². The van der Waals surface area contributed by atoms with Crippen LogP contribution in [0.15, 0.2) is 30.5 Å². The number of benzene rings is 1. The first-order valence-electron chi connectivity index (χ1n) is 6.27. The molecule has 1 atom stereocenters. The van der Waals surface area contributed by atoms with Crippen LogP contribution in [-0.4, -0.2) is 39.3 Å². The summed E-state index contributed by atoms with van der Waals surface area (Å²) in [4.78, 5) is 24.1. The van der Waals surface area contributed by atoms with Gasteiger partial charge in [0.05, 0.1) is 6.54 Å². The van der Waals surface area contributed by atoms with Crippen molar-refractivity contribution >= 4 is 23.0 Å². The standard InChI is InChI=1S/C14H14N2O4/c1-15-6-9(10-4-2-3-5-11(10)15)7-16-12(13(17)18)8-20-14(16)19/h2-6,12H,7-8H2,1H3,(H,17,18). The van der Waals surface area contributed by atoms with E-state index in [-0.39, 0.29) is 13.2 Å². The van der Waals surface area contributed by atoms with Crippen LogP contribution in [0, 0.1) is 0 Å². The number of para-hydroxylation sites is 1. The first kappa shape index (κ1) is 12.5. The average Bonchev–Trinajstić information content (AvgIpc) is 2.94. The second-order valence-corrected chi connectivity index (χ2v) is 4.84. The number of hydrogen-bond donors (Lipinski definition) is 1. The van der Waals surface area contributed by atoms with E-state index in [2.05, 4.69) is 0 Å². The second kappa shape index (κ2) is 4.56. The van der Waals surface area contributed by atoms with Crippen molar-refractivity contribution in [3.8, 4) is 0 Å². The number of aliphatic carboxylic acids is 1. The fourth-order valence-corrected chi connectivity index (χ4v) is 2.56. The molecule has 1 unspecified atom stereocenters. The molecule has 1 aromatic carbocycles.